The number of hydrogen-bond donors (Lipinski definition) is 1. The monoisotopic (exact) mass is 237 g/mol. The third-order valence-electron chi connectivity index (χ3n) is 2.71. The Bertz CT molecular complexity index is 326. The lowest BCUT2D eigenvalue weighted by molar-refractivity contribution is 0.0500. The summed E-state index contributed by atoms with van der Waals surface area (Å²) in [4.78, 5) is 0. The van der Waals surface area contributed by atoms with Gasteiger partial charge in [-0.25, -0.2) is 0 Å². The van der Waals surface area contributed by atoms with E-state index in [9.17, 15) is 0 Å². The molecule has 2 N–H and O–H groups in total. The molecule has 3 heteroatoms. The summed E-state index contributed by atoms with van der Waals surface area (Å²) in [6.07, 6.45) is 0.968. The molecule has 0 aliphatic heterocycles. The second-order valence-electron chi connectivity index (χ2n) is 4.52. The van der Waals surface area contributed by atoms with Gasteiger partial charge in [-0.3, -0.25) is 0 Å². The number of methoxy groups -OCH3 is 1. The van der Waals surface area contributed by atoms with Crippen molar-refractivity contribution in [3.63, 3.8) is 0 Å². The van der Waals surface area contributed by atoms with E-state index in [4.69, 9.17) is 15.2 Å². The second kappa shape index (κ2) is 7.30. The van der Waals surface area contributed by atoms with Crippen LogP contribution < -0.4 is 10.5 Å². The number of para-hydroxylation sites is 1. The summed E-state index contributed by atoms with van der Waals surface area (Å²) in [5.41, 5.74) is 6.79. The fraction of sp³-hybridized carbons (Fsp3) is 0.571. The van der Waals surface area contributed by atoms with Gasteiger partial charge in [0.2, 0.25) is 0 Å². The molecular weight excluding hydrogens is 214 g/mol. The van der Waals surface area contributed by atoms with Crippen LogP contribution in [0, 0.1) is 5.92 Å². The predicted molar refractivity (Wildman–Crippen MR) is 70.2 cm³/mol. The van der Waals surface area contributed by atoms with Crippen LogP contribution in [0.25, 0.3) is 0 Å². The van der Waals surface area contributed by atoms with Gasteiger partial charge in [-0.2, -0.15) is 0 Å². The van der Waals surface area contributed by atoms with Crippen molar-refractivity contribution in [3.8, 4) is 5.75 Å². The average molecular weight is 237 g/mol. The normalized spacial score (nSPS) is 12.8. The zero-order valence-electron chi connectivity index (χ0n) is 11.0. The van der Waals surface area contributed by atoms with E-state index in [-0.39, 0.29) is 6.10 Å². The summed E-state index contributed by atoms with van der Waals surface area (Å²) in [6.45, 7) is 5.57. The molecule has 1 aromatic carbocycles. The van der Waals surface area contributed by atoms with E-state index in [0.29, 0.717) is 12.5 Å². The lowest BCUT2D eigenvalue weighted by Crippen LogP contribution is -2.17. The van der Waals surface area contributed by atoms with Crippen LogP contribution in [0.2, 0.25) is 0 Å². The molecule has 0 amide bonds. The van der Waals surface area contributed by atoms with Gasteiger partial charge in [0, 0.05) is 18.7 Å². The van der Waals surface area contributed by atoms with Crippen LogP contribution >= 0.6 is 0 Å². The van der Waals surface area contributed by atoms with E-state index >= 15 is 0 Å². The molecule has 0 aliphatic rings. The fourth-order valence-corrected chi connectivity index (χ4v) is 1.66. The minimum atomic E-state index is -0.0788. The molecule has 3 nitrogen and oxygen atoms in total. The first-order valence-electron chi connectivity index (χ1n) is 6.13. The Morgan fingerprint density at radius 2 is 1.94 bits per heavy atom. The van der Waals surface area contributed by atoms with Crippen LogP contribution in [-0.2, 0) is 4.74 Å². The number of nitrogens with two attached hydrogens (primary N) is 1. The van der Waals surface area contributed by atoms with Crippen molar-refractivity contribution in [2.75, 3.05) is 20.3 Å². The van der Waals surface area contributed by atoms with Gasteiger partial charge in [0.1, 0.15) is 5.75 Å². The van der Waals surface area contributed by atoms with Crippen LogP contribution in [0.5, 0.6) is 5.75 Å². The molecule has 17 heavy (non-hydrogen) atoms. The fourth-order valence-electron chi connectivity index (χ4n) is 1.66. The van der Waals surface area contributed by atoms with Gasteiger partial charge in [-0.05, 0) is 18.4 Å². The molecule has 1 unspecified atom stereocenters. The molecule has 96 valence electrons. The van der Waals surface area contributed by atoms with Crippen LogP contribution in [0.1, 0.15) is 31.9 Å². The number of rotatable bonds is 7. The summed E-state index contributed by atoms with van der Waals surface area (Å²) >= 11 is 0. The van der Waals surface area contributed by atoms with Crippen LogP contribution in [0.15, 0.2) is 24.3 Å². The molecular formula is C14H23NO2. The van der Waals surface area contributed by atoms with Gasteiger partial charge in [-0.15, -0.1) is 0 Å². The Morgan fingerprint density at radius 3 is 2.53 bits per heavy atom. The maximum absolute atomic E-state index is 5.83. The molecule has 0 radical (unpaired) electrons. The van der Waals surface area contributed by atoms with Gasteiger partial charge >= 0.3 is 0 Å². The zero-order chi connectivity index (χ0) is 12.7. The Balaban J connectivity index is 2.65. The topological polar surface area (TPSA) is 44.5 Å². The highest BCUT2D eigenvalue weighted by atomic mass is 16.5. The van der Waals surface area contributed by atoms with E-state index in [1.54, 1.807) is 7.11 Å². The minimum absolute atomic E-state index is 0.0788. The summed E-state index contributed by atoms with van der Waals surface area (Å²) in [7, 11) is 1.67. The average Bonchev–Trinajstić information content (AvgIpc) is 2.34. The van der Waals surface area contributed by atoms with E-state index in [1.165, 1.54) is 0 Å². The molecule has 0 bridgehead atoms. The number of hydrogen-bond acceptors (Lipinski definition) is 3. The lowest BCUT2D eigenvalue weighted by atomic mass is 10.1. The van der Waals surface area contributed by atoms with Gasteiger partial charge in [0.05, 0.1) is 13.2 Å². The standard InChI is InChI=1S/C14H23NO2/c1-11(2)8-9-17-14(10-15)12-6-4-5-7-13(12)16-3/h4-7,11,14H,8-10,15H2,1-3H3. The summed E-state index contributed by atoms with van der Waals surface area (Å²) in [6, 6.07) is 7.87. The predicted octanol–water partition coefficient (Wildman–Crippen LogP) is 2.76. The molecule has 1 atom stereocenters. The summed E-state index contributed by atoms with van der Waals surface area (Å²) < 4.78 is 11.1. The smallest absolute Gasteiger partial charge is 0.124 e. The van der Waals surface area contributed by atoms with Crippen molar-refractivity contribution < 1.29 is 9.47 Å². The van der Waals surface area contributed by atoms with Crippen molar-refractivity contribution >= 4 is 0 Å². The summed E-state index contributed by atoms with van der Waals surface area (Å²) in [5, 5.41) is 0. The third-order valence-corrected chi connectivity index (χ3v) is 2.71. The maximum Gasteiger partial charge on any atom is 0.124 e. The molecule has 0 saturated heterocycles. The van der Waals surface area contributed by atoms with Crippen molar-refractivity contribution in [3.05, 3.63) is 29.8 Å². The minimum Gasteiger partial charge on any atom is -0.496 e. The first kappa shape index (κ1) is 14.0. The molecule has 0 saturated carbocycles. The van der Waals surface area contributed by atoms with Gasteiger partial charge in [0.25, 0.3) is 0 Å². The molecule has 0 heterocycles. The maximum atomic E-state index is 5.83. The Labute approximate surface area is 104 Å². The van der Waals surface area contributed by atoms with Crippen LogP contribution in [-0.4, -0.2) is 20.3 Å². The molecule has 0 spiro atoms. The molecule has 0 aliphatic carbocycles. The number of ether oxygens (including phenoxy) is 2. The number of benzene rings is 1. The van der Waals surface area contributed by atoms with E-state index in [0.717, 1.165) is 24.3 Å². The van der Waals surface area contributed by atoms with E-state index in [1.807, 2.05) is 24.3 Å². The second-order valence-corrected chi connectivity index (χ2v) is 4.52. The van der Waals surface area contributed by atoms with Gasteiger partial charge in [0.15, 0.2) is 0 Å². The van der Waals surface area contributed by atoms with Crippen molar-refractivity contribution in [1.82, 2.24) is 0 Å². The third kappa shape index (κ3) is 4.36. The van der Waals surface area contributed by atoms with Crippen molar-refractivity contribution in [1.29, 1.82) is 0 Å². The molecule has 1 aromatic rings. The van der Waals surface area contributed by atoms with E-state index in [2.05, 4.69) is 13.8 Å². The largest absolute Gasteiger partial charge is 0.496 e. The highest BCUT2D eigenvalue weighted by Gasteiger charge is 2.14. The first-order valence-corrected chi connectivity index (χ1v) is 6.13. The molecule has 1 rings (SSSR count). The summed E-state index contributed by atoms with van der Waals surface area (Å²) in [5.74, 6) is 1.48. The van der Waals surface area contributed by atoms with Crippen LogP contribution in [0.3, 0.4) is 0 Å². The van der Waals surface area contributed by atoms with Crippen LogP contribution in [0.4, 0.5) is 0 Å². The zero-order valence-corrected chi connectivity index (χ0v) is 11.0. The molecule has 0 fully saturated rings. The Kier molecular flexibility index (Phi) is 6.01. The first-order chi connectivity index (χ1) is 8.19. The quantitative estimate of drug-likeness (QED) is 0.793. The Hall–Kier alpha value is -1.06. The highest BCUT2D eigenvalue weighted by molar-refractivity contribution is 5.35. The van der Waals surface area contributed by atoms with Gasteiger partial charge in [-0.1, -0.05) is 32.0 Å². The molecule has 0 aromatic heterocycles. The van der Waals surface area contributed by atoms with Crippen molar-refractivity contribution in [2.24, 2.45) is 11.7 Å². The highest BCUT2D eigenvalue weighted by Crippen LogP contribution is 2.26. The van der Waals surface area contributed by atoms with Gasteiger partial charge < -0.3 is 15.2 Å². The Morgan fingerprint density at radius 1 is 1.24 bits per heavy atom. The van der Waals surface area contributed by atoms with Crippen molar-refractivity contribution in [2.45, 2.75) is 26.4 Å². The van der Waals surface area contributed by atoms with E-state index < -0.39 is 0 Å². The lowest BCUT2D eigenvalue weighted by Gasteiger charge is -2.19. The SMILES string of the molecule is COc1ccccc1C(CN)OCCC(C)C.